The largest absolute Gasteiger partial charge is 0.486 e. The number of amides is 2. The molecule has 0 aliphatic carbocycles. The molecule has 41 heavy (non-hydrogen) atoms. The summed E-state index contributed by atoms with van der Waals surface area (Å²) in [5.74, 6) is -0.822. The molecule has 11 heteroatoms. The summed E-state index contributed by atoms with van der Waals surface area (Å²) in [5, 5.41) is 2.86. The quantitative estimate of drug-likeness (QED) is 0.370. The van der Waals surface area contributed by atoms with E-state index < -0.39 is 40.2 Å². The lowest BCUT2D eigenvalue weighted by Gasteiger charge is -2.34. The Kier molecular flexibility index (Phi) is 9.49. The van der Waals surface area contributed by atoms with Crippen molar-refractivity contribution in [3.63, 3.8) is 0 Å². The third-order valence-electron chi connectivity index (χ3n) is 6.49. The summed E-state index contributed by atoms with van der Waals surface area (Å²) in [6, 6.07) is 18.5. The first-order chi connectivity index (χ1) is 19.5. The zero-order chi connectivity index (χ0) is 29.6. The maximum absolute atomic E-state index is 14.8. The third kappa shape index (κ3) is 7.75. The van der Waals surface area contributed by atoms with Crippen molar-refractivity contribution in [3.8, 4) is 11.5 Å². The Morgan fingerprint density at radius 1 is 0.951 bits per heavy atom. The monoisotopic (exact) mass is 583 g/mol. The molecule has 9 nitrogen and oxygen atoms in total. The Balaban J connectivity index is 1.74. The van der Waals surface area contributed by atoms with Gasteiger partial charge in [0.25, 0.3) is 0 Å². The fraction of sp³-hybridized carbons (Fsp3) is 0.333. The van der Waals surface area contributed by atoms with Gasteiger partial charge in [0.1, 0.15) is 31.6 Å². The minimum absolute atomic E-state index is 0.141. The van der Waals surface area contributed by atoms with Gasteiger partial charge in [-0.1, -0.05) is 48.5 Å². The van der Waals surface area contributed by atoms with Gasteiger partial charge in [0.05, 0.1) is 11.9 Å². The second-order valence-electron chi connectivity index (χ2n) is 10.1. The third-order valence-corrected chi connectivity index (χ3v) is 7.63. The number of nitrogens with one attached hydrogen (secondary N) is 1. The number of rotatable bonds is 11. The number of hydrogen-bond acceptors (Lipinski definition) is 6. The van der Waals surface area contributed by atoms with Crippen molar-refractivity contribution in [2.24, 2.45) is 0 Å². The van der Waals surface area contributed by atoms with E-state index in [9.17, 15) is 22.4 Å². The van der Waals surface area contributed by atoms with Crippen LogP contribution >= 0.6 is 0 Å². The Morgan fingerprint density at radius 3 is 2.27 bits per heavy atom. The van der Waals surface area contributed by atoms with Gasteiger partial charge in [-0.2, -0.15) is 0 Å². The van der Waals surface area contributed by atoms with Crippen LogP contribution in [0.5, 0.6) is 11.5 Å². The Bertz CT molecular complexity index is 1480. The van der Waals surface area contributed by atoms with E-state index in [0.717, 1.165) is 16.1 Å². The first-order valence-electron chi connectivity index (χ1n) is 13.3. The first kappa shape index (κ1) is 29.9. The van der Waals surface area contributed by atoms with Gasteiger partial charge in [-0.25, -0.2) is 12.8 Å². The number of carbonyl (C=O) groups is 2. The highest BCUT2D eigenvalue weighted by Gasteiger charge is 2.34. The van der Waals surface area contributed by atoms with E-state index in [4.69, 9.17) is 9.47 Å². The van der Waals surface area contributed by atoms with Crippen LogP contribution in [0.4, 0.5) is 10.1 Å². The molecule has 0 radical (unpaired) electrons. The standard InChI is InChI=1S/C30H34FN3O6S/c1-21(2)32-30(36)26(17-22-9-5-4-6-10-22)33(19-23-11-7-8-12-25(23)31)29(35)20-34(41(3,37)38)24-13-14-27-28(18-24)40-16-15-39-27/h4-14,18,21,26H,15-17,19-20H2,1-3H3,(H,32,36)/t26-/m1/s1. The molecule has 0 saturated carbocycles. The number of hydrogen-bond donors (Lipinski definition) is 1. The van der Waals surface area contributed by atoms with Crippen LogP contribution in [0.25, 0.3) is 0 Å². The Labute approximate surface area is 239 Å². The van der Waals surface area contributed by atoms with Crippen LogP contribution in [-0.2, 0) is 32.6 Å². The summed E-state index contributed by atoms with van der Waals surface area (Å²) >= 11 is 0. The smallest absolute Gasteiger partial charge is 0.244 e. The van der Waals surface area contributed by atoms with Gasteiger partial charge in [0.2, 0.25) is 21.8 Å². The molecule has 2 amide bonds. The van der Waals surface area contributed by atoms with E-state index in [2.05, 4.69) is 5.32 Å². The van der Waals surface area contributed by atoms with E-state index >= 15 is 0 Å². The zero-order valence-corrected chi connectivity index (χ0v) is 24.1. The van der Waals surface area contributed by atoms with Gasteiger partial charge >= 0.3 is 0 Å². The van der Waals surface area contributed by atoms with Crippen LogP contribution in [0.3, 0.4) is 0 Å². The highest BCUT2D eigenvalue weighted by Crippen LogP contribution is 2.34. The highest BCUT2D eigenvalue weighted by atomic mass is 32.2. The summed E-state index contributed by atoms with van der Waals surface area (Å²) in [6.45, 7) is 3.41. The van der Waals surface area contributed by atoms with Crippen LogP contribution in [-0.4, -0.2) is 63.2 Å². The maximum atomic E-state index is 14.8. The van der Waals surface area contributed by atoms with E-state index in [-0.39, 0.29) is 30.3 Å². The molecule has 3 aromatic carbocycles. The number of benzene rings is 3. The molecule has 0 fully saturated rings. The van der Waals surface area contributed by atoms with Gasteiger partial charge in [0.15, 0.2) is 11.5 Å². The summed E-state index contributed by atoms with van der Waals surface area (Å²) in [7, 11) is -3.96. The summed E-state index contributed by atoms with van der Waals surface area (Å²) < 4.78 is 52.8. The first-order valence-corrected chi connectivity index (χ1v) is 15.1. The number of sulfonamides is 1. The molecule has 4 rings (SSSR count). The van der Waals surface area contributed by atoms with Crippen molar-refractivity contribution in [2.45, 2.75) is 38.9 Å². The molecule has 0 bridgehead atoms. The average molecular weight is 584 g/mol. The van der Waals surface area contributed by atoms with E-state index in [0.29, 0.717) is 24.7 Å². The summed E-state index contributed by atoms with van der Waals surface area (Å²) in [6.07, 6.45) is 1.13. The van der Waals surface area contributed by atoms with Gasteiger partial charge in [-0.05, 0) is 37.6 Å². The highest BCUT2D eigenvalue weighted by molar-refractivity contribution is 7.92. The van der Waals surface area contributed by atoms with Crippen LogP contribution in [0.15, 0.2) is 72.8 Å². The second-order valence-corrected chi connectivity index (χ2v) is 12.0. The van der Waals surface area contributed by atoms with Crippen molar-refractivity contribution >= 4 is 27.5 Å². The van der Waals surface area contributed by atoms with Crippen molar-refractivity contribution < 1.29 is 31.9 Å². The van der Waals surface area contributed by atoms with Crippen LogP contribution in [0.1, 0.15) is 25.0 Å². The molecule has 1 N–H and O–H groups in total. The molecule has 0 unspecified atom stereocenters. The van der Waals surface area contributed by atoms with Crippen molar-refractivity contribution in [1.29, 1.82) is 0 Å². The molecule has 0 spiro atoms. The van der Waals surface area contributed by atoms with Crippen LogP contribution < -0.4 is 19.1 Å². The topological polar surface area (TPSA) is 105 Å². The molecule has 0 saturated heterocycles. The number of fused-ring (bicyclic) bond motifs is 1. The Morgan fingerprint density at radius 2 is 1.61 bits per heavy atom. The molecular formula is C30H34FN3O6S. The van der Waals surface area contributed by atoms with E-state index in [1.165, 1.54) is 35.2 Å². The zero-order valence-electron chi connectivity index (χ0n) is 23.2. The molecule has 0 aromatic heterocycles. The number of nitrogens with zero attached hydrogens (tertiary/aromatic N) is 2. The fourth-order valence-corrected chi connectivity index (χ4v) is 5.39. The predicted octanol–water partition coefficient (Wildman–Crippen LogP) is 3.53. The van der Waals surface area contributed by atoms with Crippen molar-refractivity contribution in [1.82, 2.24) is 10.2 Å². The average Bonchev–Trinajstić information content (AvgIpc) is 2.93. The molecule has 1 aliphatic heterocycles. The van der Waals surface area contributed by atoms with E-state index in [1.54, 1.807) is 26.0 Å². The SMILES string of the molecule is CC(C)NC(=O)[C@@H](Cc1ccccc1)N(Cc1ccccc1F)C(=O)CN(c1ccc2c(c1)OCCO2)S(C)(=O)=O. The van der Waals surface area contributed by atoms with Gasteiger partial charge in [0, 0.05) is 30.6 Å². The number of carbonyl (C=O) groups excluding carboxylic acids is 2. The molecule has 1 heterocycles. The summed E-state index contributed by atoms with van der Waals surface area (Å²) in [5.41, 5.74) is 1.18. The normalized spacial score (nSPS) is 13.4. The lowest BCUT2D eigenvalue weighted by atomic mass is 10.0. The predicted molar refractivity (Wildman–Crippen MR) is 154 cm³/mol. The lowest BCUT2D eigenvalue weighted by molar-refractivity contribution is -0.140. The second kappa shape index (κ2) is 13.0. The maximum Gasteiger partial charge on any atom is 0.244 e. The van der Waals surface area contributed by atoms with Gasteiger partial charge in [-0.3, -0.25) is 13.9 Å². The summed E-state index contributed by atoms with van der Waals surface area (Å²) in [4.78, 5) is 28.8. The molecule has 1 aliphatic rings. The van der Waals surface area contributed by atoms with Gasteiger partial charge < -0.3 is 19.7 Å². The number of halogens is 1. The van der Waals surface area contributed by atoms with E-state index in [1.807, 2.05) is 30.3 Å². The fourth-order valence-electron chi connectivity index (χ4n) is 4.55. The van der Waals surface area contributed by atoms with Crippen molar-refractivity contribution in [2.75, 3.05) is 30.3 Å². The molecule has 3 aromatic rings. The number of ether oxygens (including phenoxy) is 2. The van der Waals surface area contributed by atoms with Crippen LogP contribution in [0.2, 0.25) is 0 Å². The molecular weight excluding hydrogens is 549 g/mol. The minimum Gasteiger partial charge on any atom is -0.486 e. The molecule has 218 valence electrons. The van der Waals surface area contributed by atoms with Crippen LogP contribution in [0, 0.1) is 5.82 Å². The minimum atomic E-state index is -3.96. The lowest BCUT2D eigenvalue weighted by Crippen LogP contribution is -2.54. The number of anilines is 1. The van der Waals surface area contributed by atoms with Crippen molar-refractivity contribution in [3.05, 3.63) is 89.7 Å². The Hall–Kier alpha value is -4.12. The molecule has 1 atom stereocenters. The van der Waals surface area contributed by atoms with Gasteiger partial charge in [-0.15, -0.1) is 0 Å².